The van der Waals surface area contributed by atoms with Gasteiger partial charge in [0.25, 0.3) is 0 Å². The molecule has 10 heteroatoms. The molecule has 0 saturated heterocycles. The molecule has 0 aliphatic rings. The van der Waals surface area contributed by atoms with Gasteiger partial charge in [0.2, 0.25) is 21.8 Å². The topological polar surface area (TPSA) is 86.8 Å². The van der Waals surface area contributed by atoms with Crippen LogP contribution in [0.5, 0.6) is 0 Å². The summed E-state index contributed by atoms with van der Waals surface area (Å²) in [6, 6.07) is 18.7. The Hall–Kier alpha value is -3.07. The summed E-state index contributed by atoms with van der Waals surface area (Å²) in [5.41, 5.74) is 3.38. The minimum atomic E-state index is -3.84. The van der Waals surface area contributed by atoms with Crippen LogP contribution < -0.4 is 9.62 Å². The van der Waals surface area contributed by atoms with Crippen LogP contribution in [0.1, 0.15) is 22.3 Å². The number of anilines is 1. The monoisotopic (exact) mass is 575 g/mol. The van der Waals surface area contributed by atoms with Crippen molar-refractivity contribution in [2.24, 2.45) is 0 Å². The highest BCUT2D eigenvalue weighted by atomic mass is 35.5. The van der Waals surface area contributed by atoms with Gasteiger partial charge in [0.1, 0.15) is 12.6 Å². The van der Waals surface area contributed by atoms with Crippen LogP contribution in [0.3, 0.4) is 0 Å². The van der Waals surface area contributed by atoms with E-state index in [1.165, 1.54) is 11.9 Å². The molecule has 2 amide bonds. The Balaban J connectivity index is 2.08. The number of nitrogens with one attached hydrogen (secondary N) is 1. The van der Waals surface area contributed by atoms with E-state index in [0.717, 1.165) is 21.7 Å². The fourth-order valence-electron chi connectivity index (χ4n) is 4.14. The van der Waals surface area contributed by atoms with Gasteiger partial charge in [0, 0.05) is 30.1 Å². The van der Waals surface area contributed by atoms with Gasteiger partial charge < -0.3 is 10.2 Å². The van der Waals surface area contributed by atoms with E-state index in [-0.39, 0.29) is 18.9 Å². The highest BCUT2D eigenvalue weighted by Gasteiger charge is 2.33. The lowest BCUT2D eigenvalue weighted by Gasteiger charge is -2.33. The maximum absolute atomic E-state index is 14.0. The van der Waals surface area contributed by atoms with E-state index >= 15 is 0 Å². The van der Waals surface area contributed by atoms with E-state index in [2.05, 4.69) is 5.32 Å². The SMILES string of the molecule is CNC(=O)C(Cc1ccccc1)N(Cc1ccc(Cl)cc1Cl)C(=O)CN(c1cc(C)ccc1C)S(C)(=O)=O. The maximum atomic E-state index is 14.0. The van der Waals surface area contributed by atoms with E-state index in [1.54, 1.807) is 37.3 Å². The van der Waals surface area contributed by atoms with E-state index < -0.39 is 28.5 Å². The summed E-state index contributed by atoms with van der Waals surface area (Å²) in [4.78, 5) is 28.5. The third-order valence-electron chi connectivity index (χ3n) is 6.19. The standard InChI is InChI=1S/C28H31Cl2N3O4S/c1-19-10-11-20(2)25(14-19)33(38(4,36)37)18-27(34)32(17-22-12-13-23(29)16-24(22)30)26(28(35)31-3)15-21-8-6-5-7-9-21/h5-14,16,26H,15,17-18H2,1-4H3,(H,31,35). The number of sulfonamides is 1. The molecule has 0 aliphatic heterocycles. The van der Waals surface area contributed by atoms with Crippen molar-refractivity contribution in [1.82, 2.24) is 10.2 Å². The maximum Gasteiger partial charge on any atom is 0.244 e. The summed E-state index contributed by atoms with van der Waals surface area (Å²) >= 11 is 12.5. The van der Waals surface area contributed by atoms with Crippen molar-refractivity contribution in [3.05, 3.63) is 99.0 Å². The zero-order valence-corrected chi connectivity index (χ0v) is 24.1. The van der Waals surface area contributed by atoms with E-state index in [0.29, 0.717) is 26.9 Å². The van der Waals surface area contributed by atoms with Gasteiger partial charge in [-0.05, 0) is 54.3 Å². The second kappa shape index (κ2) is 12.7. The first kappa shape index (κ1) is 29.5. The number of benzene rings is 3. The average Bonchev–Trinajstić information content (AvgIpc) is 2.86. The first-order chi connectivity index (χ1) is 17.9. The molecule has 0 aromatic heterocycles. The first-order valence-electron chi connectivity index (χ1n) is 11.9. The minimum Gasteiger partial charge on any atom is -0.357 e. The van der Waals surface area contributed by atoms with Crippen molar-refractivity contribution in [3.63, 3.8) is 0 Å². The minimum absolute atomic E-state index is 0.0237. The molecule has 0 fully saturated rings. The molecule has 1 atom stereocenters. The zero-order chi connectivity index (χ0) is 28.0. The number of rotatable bonds is 10. The molecule has 0 heterocycles. The van der Waals surface area contributed by atoms with Gasteiger partial charge in [-0.2, -0.15) is 0 Å². The van der Waals surface area contributed by atoms with Gasteiger partial charge in [-0.25, -0.2) is 8.42 Å². The average molecular weight is 577 g/mol. The molecule has 0 bridgehead atoms. The molecule has 3 rings (SSSR count). The van der Waals surface area contributed by atoms with Crippen LogP contribution in [0.25, 0.3) is 0 Å². The summed E-state index contributed by atoms with van der Waals surface area (Å²) in [7, 11) is -2.34. The Bertz CT molecular complexity index is 1410. The molecule has 3 aromatic rings. The number of hydrogen-bond acceptors (Lipinski definition) is 4. The molecule has 202 valence electrons. The van der Waals surface area contributed by atoms with Crippen molar-refractivity contribution >= 4 is 50.7 Å². The van der Waals surface area contributed by atoms with Gasteiger partial charge in [-0.3, -0.25) is 13.9 Å². The Morgan fingerprint density at radius 3 is 2.26 bits per heavy atom. The Morgan fingerprint density at radius 1 is 0.974 bits per heavy atom. The predicted molar refractivity (Wildman–Crippen MR) is 153 cm³/mol. The number of halogens is 2. The van der Waals surface area contributed by atoms with Gasteiger partial charge in [0.05, 0.1) is 11.9 Å². The molecule has 0 radical (unpaired) electrons. The number of carbonyl (C=O) groups excluding carboxylic acids is 2. The van der Waals surface area contributed by atoms with Gasteiger partial charge in [0.15, 0.2) is 0 Å². The second-order valence-electron chi connectivity index (χ2n) is 9.14. The summed E-state index contributed by atoms with van der Waals surface area (Å²) < 4.78 is 26.9. The highest BCUT2D eigenvalue weighted by Crippen LogP contribution is 2.27. The van der Waals surface area contributed by atoms with Gasteiger partial charge >= 0.3 is 0 Å². The van der Waals surface area contributed by atoms with Crippen LogP contribution in [-0.2, 0) is 32.6 Å². The molecule has 3 aromatic carbocycles. The lowest BCUT2D eigenvalue weighted by Crippen LogP contribution is -2.53. The Kier molecular flexibility index (Phi) is 9.82. The number of likely N-dealkylation sites (N-methyl/N-ethyl adjacent to an activating group) is 1. The van der Waals surface area contributed by atoms with E-state index in [4.69, 9.17) is 23.2 Å². The number of nitrogens with zero attached hydrogens (tertiary/aromatic N) is 2. The largest absolute Gasteiger partial charge is 0.357 e. The van der Waals surface area contributed by atoms with Crippen molar-refractivity contribution < 1.29 is 18.0 Å². The fraction of sp³-hybridized carbons (Fsp3) is 0.286. The number of hydrogen-bond donors (Lipinski definition) is 1. The molecule has 0 spiro atoms. The van der Waals surface area contributed by atoms with E-state index in [1.807, 2.05) is 43.3 Å². The van der Waals surface area contributed by atoms with Crippen LogP contribution >= 0.6 is 23.2 Å². The Labute approximate surface area is 234 Å². The molecule has 1 N–H and O–H groups in total. The molecule has 0 aliphatic carbocycles. The van der Waals surface area contributed by atoms with Crippen LogP contribution in [0, 0.1) is 13.8 Å². The van der Waals surface area contributed by atoms with Crippen molar-refractivity contribution in [3.8, 4) is 0 Å². The third-order valence-corrected chi connectivity index (χ3v) is 7.90. The predicted octanol–water partition coefficient (Wildman–Crippen LogP) is 4.76. The summed E-state index contributed by atoms with van der Waals surface area (Å²) in [5, 5.41) is 3.41. The van der Waals surface area contributed by atoms with Crippen molar-refractivity contribution in [2.75, 3.05) is 24.2 Å². The summed E-state index contributed by atoms with van der Waals surface area (Å²) in [6.45, 7) is 3.12. The Morgan fingerprint density at radius 2 is 1.66 bits per heavy atom. The first-order valence-corrected chi connectivity index (χ1v) is 14.5. The summed E-state index contributed by atoms with van der Waals surface area (Å²) in [6.07, 6.45) is 1.28. The van der Waals surface area contributed by atoms with Crippen LogP contribution in [-0.4, -0.2) is 51.0 Å². The molecule has 38 heavy (non-hydrogen) atoms. The normalized spacial score (nSPS) is 12.1. The molecule has 1 unspecified atom stereocenters. The van der Waals surface area contributed by atoms with E-state index in [9.17, 15) is 18.0 Å². The van der Waals surface area contributed by atoms with Crippen LogP contribution in [0.4, 0.5) is 5.69 Å². The number of aryl methyl sites for hydroxylation is 2. The zero-order valence-electron chi connectivity index (χ0n) is 21.7. The molecule has 7 nitrogen and oxygen atoms in total. The number of carbonyl (C=O) groups is 2. The van der Waals surface area contributed by atoms with Crippen LogP contribution in [0.2, 0.25) is 10.0 Å². The third kappa shape index (κ3) is 7.49. The molecular formula is C28H31Cl2N3O4S. The highest BCUT2D eigenvalue weighted by molar-refractivity contribution is 7.92. The van der Waals surface area contributed by atoms with Crippen molar-refractivity contribution in [1.29, 1.82) is 0 Å². The lowest BCUT2D eigenvalue weighted by molar-refractivity contribution is -0.139. The number of amides is 2. The van der Waals surface area contributed by atoms with Gasteiger partial charge in [-0.15, -0.1) is 0 Å². The quantitative estimate of drug-likeness (QED) is 0.377. The van der Waals surface area contributed by atoms with Crippen molar-refractivity contribution in [2.45, 2.75) is 32.9 Å². The lowest BCUT2D eigenvalue weighted by atomic mass is 10.0. The fourth-order valence-corrected chi connectivity index (χ4v) is 5.50. The molecule has 0 saturated carbocycles. The molecular weight excluding hydrogens is 545 g/mol. The summed E-state index contributed by atoms with van der Waals surface area (Å²) in [5.74, 6) is -0.934. The second-order valence-corrected chi connectivity index (χ2v) is 11.9. The van der Waals surface area contributed by atoms with Crippen LogP contribution in [0.15, 0.2) is 66.7 Å². The van der Waals surface area contributed by atoms with Gasteiger partial charge in [-0.1, -0.05) is 71.7 Å². The smallest absolute Gasteiger partial charge is 0.244 e.